The predicted molar refractivity (Wildman–Crippen MR) is 55.1 cm³/mol. The first-order chi connectivity index (χ1) is 6.79. The summed E-state index contributed by atoms with van der Waals surface area (Å²) >= 11 is 7.33. The van der Waals surface area contributed by atoms with E-state index in [4.69, 9.17) is 11.6 Å². The van der Waals surface area contributed by atoms with Crippen molar-refractivity contribution in [3.05, 3.63) is 24.3 Å². The maximum Gasteiger partial charge on any atom is 0.294 e. The summed E-state index contributed by atoms with van der Waals surface area (Å²) in [5, 5.41) is -0.150. The van der Waals surface area contributed by atoms with Crippen molar-refractivity contribution in [2.24, 2.45) is 0 Å². The Labute approximate surface area is 91.0 Å². The van der Waals surface area contributed by atoms with E-state index in [9.17, 15) is 4.79 Å². The zero-order valence-electron chi connectivity index (χ0n) is 7.46. The minimum atomic E-state index is -0.700. The fourth-order valence-corrected chi connectivity index (χ4v) is 2.14. The van der Waals surface area contributed by atoms with Crippen LogP contribution in [0.15, 0.2) is 18.7 Å². The highest BCUT2D eigenvalue weighted by molar-refractivity contribution is 7.98. The summed E-state index contributed by atoms with van der Waals surface area (Å²) in [5.41, 5.74) is 0.135. The second-order valence-corrected chi connectivity index (χ2v) is 3.82. The number of carbonyl (C=O) groups is 1. The molecule has 6 heteroatoms. The van der Waals surface area contributed by atoms with Crippen molar-refractivity contribution in [2.75, 3.05) is 6.26 Å². The minimum Gasteiger partial charge on any atom is -0.447 e. The minimum absolute atomic E-state index is 0.150. The molecule has 0 aliphatic heterocycles. The first-order valence-corrected chi connectivity index (χ1v) is 5.53. The third-order valence-electron chi connectivity index (χ3n) is 1.59. The standard InChI is InChI=1S/C8H9ClN2O2S/c1-14-7(8(9)13-5-12)6-2-10-4-11-3-6/h2-5,7-8H,1H3. The van der Waals surface area contributed by atoms with Crippen molar-refractivity contribution < 1.29 is 9.53 Å². The van der Waals surface area contributed by atoms with E-state index < -0.39 is 5.56 Å². The molecule has 0 aromatic carbocycles. The molecular formula is C8H9ClN2O2S. The van der Waals surface area contributed by atoms with Crippen molar-refractivity contribution in [1.29, 1.82) is 0 Å². The van der Waals surface area contributed by atoms with Crippen molar-refractivity contribution >= 4 is 29.8 Å². The molecular weight excluding hydrogens is 224 g/mol. The summed E-state index contributed by atoms with van der Waals surface area (Å²) in [6, 6.07) is 0. The van der Waals surface area contributed by atoms with Crippen LogP contribution in [-0.4, -0.2) is 28.3 Å². The number of rotatable bonds is 5. The van der Waals surface area contributed by atoms with E-state index in [0.29, 0.717) is 6.47 Å². The lowest BCUT2D eigenvalue weighted by Crippen LogP contribution is -2.13. The molecule has 0 saturated heterocycles. The summed E-state index contributed by atoms with van der Waals surface area (Å²) in [7, 11) is 0. The van der Waals surface area contributed by atoms with Crippen LogP contribution >= 0.6 is 23.4 Å². The normalized spacial score (nSPS) is 14.4. The van der Waals surface area contributed by atoms with Gasteiger partial charge in [0.2, 0.25) is 0 Å². The fourth-order valence-electron chi connectivity index (χ4n) is 0.976. The monoisotopic (exact) mass is 232 g/mol. The van der Waals surface area contributed by atoms with Gasteiger partial charge in [-0.1, -0.05) is 11.6 Å². The van der Waals surface area contributed by atoms with Crippen molar-refractivity contribution in [1.82, 2.24) is 9.97 Å². The van der Waals surface area contributed by atoms with Gasteiger partial charge in [0, 0.05) is 18.0 Å². The zero-order valence-corrected chi connectivity index (χ0v) is 9.03. The van der Waals surface area contributed by atoms with Gasteiger partial charge >= 0.3 is 0 Å². The van der Waals surface area contributed by atoms with E-state index in [-0.39, 0.29) is 5.25 Å². The van der Waals surface area contributed by atoms with Crippen LogP contribution in [0.4, 0.5) is 0 Å². The number of alkyl halides is 1. The molecule has 0 aliphatic carbocycles. The second kappa shape index (κ2) is 5.82. The summed E-state index contributed by atoms with van der Waals surface area (Å²) < 4.78 is 4.66. The largest absolute Gasteiger partial charge is 0.447 e. The Morgan fingerprint density at radius 2 is 2.21 bits per heavy atom. The van der Waals surface area contributed by atoms with Gasteiger partial charge < -0.3 is 4.74 Å². The van der Waals surface area contributed by atoms with Crippen molar-refractivity contribution in [3.63, 3.8) is 0 Å². The highest BCUT2D eigenvalue weighted by atomic mass is 35.5. The molecule has 0 aliphatic rings. The van der Waals surface area contributed by atoms with Gasteiger partial charge in [0.15, 0.2) is 5.56 Å². The predicted octanol–water partition coefficient (Wildman–Crippen LogP) is 1.62. The van der Waals surface area contributed by atoms with Crippen LogP contribution in [0, 0.1) is 0 Å². The van der Waals surface area contributed by atoms with E-state index >= 15 is 0 Å². The van der Waals surface area contributed by atoms with E-state index in [1.54, 1.807) is 12.4 Å². The first-order valence-electron chi connectivity index (χ1n) is 3.80. The van der Waals surface area contributed by atoms with Crippen LogP contribution in [0.1, 0.15) is 10.8 Å². The topological polar surface area (TPSA) is 52.1 Å². The number of carbonyl (C=O) groups excluding carboxylic acids is 1. The van der Waals surface area contributed by atoms with Gasteiger partial charge in [-0.2, -0.15) is 11.8 Å². The smallest absolute Gasteiger partial charge is 0.294 e. The van der Waals surface area contributed by atoms with E-state index in [0.717, 1.165) is 5.56 Å². The van der Waals surface area contributed by atoms with E-state index in [1.807, 2.05) is 6.26 Å². The van der Waals surface area contributed by atoms with Gasteiger partial charge in [0.25, 0.3) is 6.47 Å². The Bertz CT molecular complexity index is 286. The number of hydrogen-bond donors (Lipinski definition) is 0. The Balaban J connectivity index is 2.76. The zero-order chi connectivity index (χ0) is 10.4. The van der Waals surface area contributed by atoms with Gasteiger partial charge in [-0.3, -0.25) is 4.79 Å². The van der Waals surface area contributed by atoms with Crippen LogP contribution in [-0.2, 0) is 9.53 Å². The molecule has 1 aromatic rings. The molecule has 14 heavy (non-hydrogen) atoms. The molecule has 0 amide bonds. The lowest BCUT2D eigenvalue weighted by molar-refractivity contribution is -0.130. The maximum absolute atomic E-state index is 10.1. The van der Waals surface area contributed by atoms with E-state index in [2.05, 4.69) is 14.7 Å². The van der Waals surface area contributed by atoms with Crippen LogP contribution < -0.4 is 0 Å². The molecule has 0 bridgehead atoms. The van der Waals surface area contributed by atoms with Gasteiger partial charge in [-0.15, -0.1) is 0 Å². The lowest BCUT2D eigenvalue weighted by Gasteiger charge is -2.17. The summed E-state index contributed by atoms with van der Waals surface area (Å²) in [6.45, 7) is 0.338. The third-order valence-corrected chi connectivity index (χ3v) is 3.12. The fraction of sp³-hybridized carbons (Fsp3) is 0.375. The molecule has 0 saturated carbocycles. The number of hydrogen-bond acceptors (Lipinski definition) is 5. The summed E-state index contributed by atoms with van der Waals surface area (Å²) in [5.74, 6) is 0. The Morgan fingerprint density at radius 1 is 1.57 bits per heavy atom. The van der Waals surface area contributed by atoms with Crippen LogP contribution in [0.5, 0.6) is 0 Å². The Morgan fingerprint density at radius 3 is 2.71 bits per heavy atom. The number of aromatic nitrogens is 2. The lowest BCUT2D eigenvalue weighted by atomic mass is 10.2. The average Bonchev–Trinajstić information content (AvgIpc) is 2.21. The molecule has 0 spiro atoms. The van der Waals surface area contributed by atoms with Crippen molar-refractivity contribution in [2.45, 2.75) is 10.8 Å². The number of halogens is 1. The highest BCUT2D eigenvalue weighted by Crippen LogP contribution is 2.32. The Kier molecular flexibility index (Phi) is 4.69. The molecule has 76 valence electrons. The molecule has 1 aromatic heterocycles. The van der Waals surface area contributed by atoms with Gasteiger partial charge in [0.1, 0.15) is 6.33 Å². The van der Waals surface area contributed by atoms with Gasteiger partial charge in [-0.25, -0.2) is 9.97 Å². The van der Waals surface area contributed by atoms with Crippen LogP contribution in [0.3, 0.4) is 0 Å². The Hall–Kier alpha value is -0.810. The number of nitrogens with zero attached hydrogens (tertiary/aromatic N) is 2. The SMILES string of the molecule is CSC(c1cncnc1)C(Cl)OC=O. The molecule has 2 unspecified atom stereocenters. The third kappa shape index (κ3) is 2.85. The van der Waals surface area contributed by atoms with Gasteiger partial charge in [0.05, 0.1) is 5.25 Å². The highest BCUT2D eigenvalue weighted by Gasteiger charge is 2.21. The molecule has 0 fully saturated rings. The molecule has 2 atom stereocenters. The number of thioether (sulfide) groups is 1. The second-order valence-electron chi connectivity index (χ2n) is 2.41. The maximum atomic E-state index is 10.1. The van der Waals surface area contributed by atoms with Crippen LogP contribution in [0.25, 0.3) is 0 Å². The van der Waals surface area contributed by atoms with Crippen molar-refractivity contribution in [3.8, 4) is 0 Å². The molecule has 1 rings (SSSR count). The first kappa shape index (κ1) is 11.3. The molecule has 1 heterocycles. The van der Waals surface area contributed by atoms with Crippen LogP contribution in [0.2, 0.25) is 0 Å². The summed E-state index contributed by atoms with van der Waals surface area (Å²) in [4.78, 5) is 17.9. The average molecular weight is 233 g/mol. The quantitative estimate of drug-likeness (QED) is 0.570. The molecule has 0 radical (unpaired) electrons. The number of ether oxygens (including phenoxy) is 1. The summed E-state index contributed by atoms with van der Waals surface area (Å²) in [6.07, 6.45) is 6.61. The van der Waals surface area contributed by atoms with Gasteiger partial charge in [-0.05, 0) is 6.26 Å². The van der Waals surface area contributed by atoms with E-state index in [1.165, 1.54) is 18.1 Å². The molecule has 4 nitrogen and oxygen atoms in total. The molecule has 0 N–H and O–H groups in total.